The van der Waals surface area contributed by atoms with Crippen LogP contribution in [0.1, 0.15) is 41.8 Å². The highest BCUT2D eigenvalue weighted by atomic mass is 32.2. The lowest BCUT2D eigenvalue weighted by Crippen LogP contribution is -2.29. The summed E-state index contributed by atoms with van der Waals surface area (Å²) in [7, 11) is 0. The number of phenols is 1. The van der Waals surface area contributed by atoms with Gasteiger partial charge in [-0.2, -0.15) is 0 Å². The molecule has 0 bridgehead atoms. The molecule has 3 rings (SSSR count). The van der Waals surface area contributed by atoms with E-state index in [2.05, 4.69) is 0 Å². The molecule has 136 valence electrons. The van der Waals surface area contributed by atoms with E-state index in [0.717, 1.165) is 11.1 Å². The quantitative estimate of drug-likeness (QED) is 0.630. The molecule has 1 aliphatic heterocycles. The summed E-state index contributed by atoms with van der Waals surface area (Å²) in [5, 5.41) is 21.1. The lowest BCUT2D eigenvalue weighted by atomic mass is 9.98. The second-order valence-electron chi connectivity index (χ2n) is 6.60. The fourth-order valence-electron chi connectivity index (χ4n) is 3.20. The minimum Gasteiger partial charge on any atom is -0.508 e. The summed E-state index contributed by atoms with van der Waals surface area (Å²) in [6.45, 7) is 5.76. The van der Waals surface area contributed by atoms with E-state index >= 15 is 0 Å². The van der Waals surface area contributed by atoms with Gasteiger partial charge in [-0.25, -0.2) is 0 Å². The highest BCUT2D eigenvalue weighted by Gasteiger charge is 2.38. The van der Waals surface area contributed by atoms with Crippen LogP contribution in [0.2, 0.25) is 0 Å². The minimum atomic E-state index is -0.465. The van der Waals surface area contributed by atoms with Gasteiger partial charge in [0, 0.05) is 11.8 Å². The molecule has 1 fully saturated rings. The standard InChI is InChI=1S/C19H20N2O4S/c1-11(2)14-9-16(12(3)8-17(14)22)20-18(23)10-26-19(20)13-6-4-5-7-15(13)21(24)25/h4-9,11,19,22H,10H2,1-3H3. The predicted octanol–water partition coefficient (Wildman–Crippen LogP) is 4.51. The topological polar surface area (TPSA) is 83.7 Å². The van der Waals surface area contributed by atoms with Crippen molar-refractivity contribution in [3.8, 4) is 5.75 Å². The van der Waals surface area contributed by atoms with Crippen molar-refractivity contribution in [3.05, 3.63) is 63.2 Å². The summed E-state index contributed by atoms with van der Waals surface area (Å²) in [6.07, 6.45) is 0. The van der Waals surface area contributed by atoms with Gasteiger partial charge in [0.15, 0.2) is 0 Å². The third-order valence-electron chi connectivity index (χ3n) is 4.49. The van der Waals surface area contributed by atoms with Crippen molar-refractivity contribution >= 4 is 29.0 Å². The lowest BCUT2D eigenvalue weighted by molar-refractivity contribution is -0.385. The minimum absolute atomic E-state index is 0.00483. The number of aryl methyl sites for hydroxylation is 1. The largest absolute Gasteiger partial charge is 0.508 e. The van der Waals surface area contributed by atoms with Gasteiger partial charge in [0.1, 0.15) is 11.1 Å². The van der Waals surface area contributed by atoms with E-state index in [1.165, 1.54) is 17.8 Å². The number of phenolic OH excluding ortho intramolecular Hbond substituents is 1. The number of nitro benzene ring substituents is 1. The molecule has 1 saturated heterocycles. The van der Waals surface area contributed by atoms with Crippen molar-refractivity contribution in [3.63, 3.8) is 0 Å². The Kier molecular flexibility index (Phi) is 4.91. The number of carbonyl (C=O) groups is 1. The van der Waals surface area contributed by atoms with Crippen LogP contribution in [0.15, 0.2) is 36.4 Å². The predicted molar refractivity (Wildman–Crippen MR) is 103 cm³/mol. The molecule has 0 aromatic heterocycles. The molecular formula is C19H20N2O4S. The molecule has 26 heavy (non-hydrogen) atoms. The Morgan fingerprint density at radius 2 is 2.00 bits per heavy atom. The number of para-hydroxylation sites is 1. The molecule has 6 nitrogen and oxygen atoms in total. The van der Waals surface area contributed by atoms with Crippen molar-refractivity contribution in [2.45, 2.75) is 32.1 Å². The fraction of sp³-hybridized carbons (Fsp3) is 0.316. The van der Waals surface area contributed by atoms with Crippen molar-refractivity contribution in [1.82, 2.24) is 0 Å². The van der Waals surface area contributed by atoms with Crippen LogP contribution in [-0.4, -0.2) is 21.7 Å². The lowest BCUT2D eigenvalue weighted by Gasteiger charge is -2.27. The van der Waals surface area contributed by atoms with Crippen LogP contribution >= 0.6 is 11.8 Å². The van der Waals surface area contributed by atoms with Gasteiger partial charge >= 0.3 is 0 Å². The Bertz CT molecular complexity index is 882. The number of amides is 1. The van der Waals surface area contributed by atoms with E-state index in [-0.39, 0.29) is 29.0 Å². The highest BCUT2D eigenvalue weighted by molar-refractivity contribution is 8.00. The Balaban J connectivity index is 2.13. The number of benzene rings is 2. The van der Waals surface area contributed by atoms with E-state index < -0.39 is 10.3 Å². The molecule has 0 radical (unpaired) electrons. The summed E-state index contributed by atoms with van der Waals surface area (Å²) < 4.78 is 0. The molecule has 1 atom stereocenters. The molecule has 0 saturated carbocycles. The number of anilines is 1. The monoisotopic (exact) mass is 372 g/mol. The third-order valence-corrected chi connectivity index (χ3v) is 5.69. The molecule has 1 heterocycles. The SMILES string of the molecule is Cc1cc(O)c(C(C)C)cc1N1C(=O)CSC1c1ccccc1[N+](=O)[O-]. The number of hydrogen-bond acceptors (Lipinski definition) is 5. The van der Waals surface area contributed by atoms with Crippen LogP contribution in [0.25, 0.3) is 0 Å². The molecule has 7 heteroatoms. The number of nitro groups is 1. The average Bonchev–Trinajstić information content (AvgIpc) is 2.96. The summed E-state index contributed by atoms with van der Waals surface area (Å²) in [5.41, 5.74) is 2.70. The van der Waals surface area contributed by atoms with E-state index in [0.29, 0.717) is 11.3 Å². The second kappa shape index (κ2) is 6.99. The zero-order valence-electron chi connectivity index (χ0n) is 14.8. The average molecular weight is 372 g/mol. The molecule has 2 aromatic carbocycles. The Morgan fingerprint density at radius 3 is 2.65 bits per heavy atom. The molecule has 1 unspecified atom stereocenters. The van der Waals surface area contributed by atoms with E-state index in [9.17, 15) is 20.0 Å². The number of carbonyl (C=O) groups excluding carboxylic acids is 1. The molecule has 1 amide bonds. The van der Waals surface area contributed by atoms with Crippen LogP contribution in [0.5, 0.6) is 5.75 Å². The van der Waals surface area contributed by atoms with E-state index in [1.807, 2.05) is 26.8 Å². The van der Waals surface area contributed by atoms with Crippen LogP contribution in [-0.2, 0) is 4.79 Å². The van der Waals surface area contributed by atoms with Gasteiger partial charge in [-0.1, -0.05) is 26.0 Å². The van der Waals surface area contributed by atoms with Crippen LogP contribution < -0.4 is 4.90 Å². The first-order valence-electron chi connectivity index (χ1n) is 8.31. The maximum atomic E-state index is 12.6. The number of hydrogen-bond donors (Lipinski definition) is 1. The van der Waals surface area contributed by atoms with Crippen molar-refractivity contribution in [1.29, 1.82) is 0 Å². The zero-order valence-corrected chi connectivity index (χ0v) is 15.6. The summed E-state index contributed by atoms with van der Waals surface area (Å²) in [6, 6.07) is 9.99. The zero-order chi connectivity index (χ0) is 19.0. The first-order chi connectivity index (χ1) is 12.3. The Labute approximate surface area is 156 Å². The number of thioether (sulfide) groups is 1. The van der Waals surface area contributed by atoms with Gasteiger partial charge in [-0.05, 0) is 42.2 Å². The van der Waals surface area contributed by atoms with E-state index in [1.54, 1.807) is 29.2 Å². The van der Waals surface area contributed by atoms with Gasteiger partial charge in [0.25, 0.3) is 5.69 Å². The second-order valence-corrected chi connectivity index (χ2v) is 7.66. The van der Waals surface area contributed by atoms with Crippen molar-refractivity contribution < 1.29 is 14.8 Å². The smallest absolute Gasteiger partial charge is 0.275 e. The van der Waals surface area contributed by atoms with E-state index in [4.69, 9.17) is 0 Å². The Hall–Kier alpha value is -2.54. The van der Waals surface area contributed by atoms with Crippen molar-refractivity contribution in [2.75, 3.05) is 10.7 Å². The molecule has 2 aromatic rings. The van der Waals surface area contributed by atoms with Crippen LogP contribution in [0.4, 0.5) is 11.4 Å². The summed E-state index contributed by atoms with van der Waals surface area (Å²) >= 11 is 1.37. The first-order valence-corrected chi connectivity index (χ1v) is 9.36. The van der Waals surface area contributed by atoms with Crippen LogP contribution in [0.3, 0.4) is 0 Å². The first kappa shape index (κ1) is 18.3. The van der Waals surface area contributed by atoms with Gasteiger partial charge < -0.3 is 5.11 Å². The van der Waals surface area contributed by atoms with Gasteiger partial charge in [0.2, 0.25) is 5.91 Å². The van der Waals surface area contributed by atoms with Crippen LogP contribution in [0, 0.1) is 17.0 Å². The molecular weight excluding hydrogens is 352 g/mol. The highest BCUT2D eigenvalue weighted by Crippen LogP contribution is 2.46. The fourth-order valence-corrected chi connectivity index (χ4v) is 4.40. The van der Waals surface area contributed by atoms with Gasteiger partial charge in [-0.15, -0.1) is 11.8 Å². The normalized spacial score (nSPS) is 17.2. The third kappa shape index (κ3) is 3.14. The van der Waals surface area contributed by atoms with Gasteiger partial charge in [0.05, 0.1) is 16.2 Å². The molecule has 0 aliphatic carbocycles. The van der Waals surface area contributed by atoms with Crippen molar-refractivity contribution in [2.24, 2.45) is 0 Å². The summed E-state index contributed by atoms with van der Waals surface area (Å²) in [5.74, 6) is 0.447. The summed E-state index contributed by atoms with van der Waals surface area (Å²) in [4.78, 5) is 25.3. The number of rotatable bonds is 4. The maximum Gasteiger partial charge on any atom is 0.275 e. The molecule has 1 N–H and O–H groups in total. The maximum absolute atomic E-state index is 12.6. The number of nitrogens with zero attached hydrogens (tertiary/aromatic N) is 2. The van der Waals surface area contributed by atoms with Gasteiger partial charge in [-0.3, -0.25) is 19.8 Å². The molecule has 1 aliphatic rings. The number of aromatic hydroxyl groups is 1. The molecule has 0 spiro atoms. The Morgan fingerprint density at radius 1 is 1.31 bits per heavy atom.